The third-order valence-corrected chi connectivity index (χ3v) is 5.56. The summed E-state index contributed by atoms with van der Waals surface area (Å²) >= 11 is 1.76. The van der Waals surface area contributed by atoms with Gasteiger partial charge in [0.25, 0.3) is 0 Å². The summed E-state index contributed by atoms with van der Waals surface area (Å²) in [5.41, 5.74) is 7.84. The van der Waals surface area contributed by atoms with Gasteiger partial charge in [0.15, 0.2) is 0 Å². The Morgan fingerprint density at radius 2 is 2.25 bits per heavy atom. The lowest BCUT2D eigenvalue weighted by Gasteiger charge is -2.22. The Bertz CT molecular complexity index is 885. The van der Waals surface area contributed by atoms with Crippen LogP contribution in [-0.4, -0.2) is 9.55 Å². The number of fused-ring (bicyclic) bond motifs is 3. The van der Waals surface area contributed by atoms with E-state index in [4.69, 9.17) is 4.98 Å². The number of rotatable bonds is 4. The van der Waals surface area contributed by atoms with Gasteiger partial charge >= 0.3 is 0 Å². The van der Waals surface area contributed by atoms with Crippen molar-refractivity contribution in [3.8, 4) is 21.8 Å². The third-order valence-electron chi connectivity index (χ3n) is 4.68. The number of benzene rings is 1. The van der Waals surface area contributed by atoms with Crippen LogP contribution in [0.2, 0.25) is 0 Å². The van der Waals surface area contributed by atoms with E-state index in [1.54, 1.807) is 11.3 Å². The standard InChI is InChI=1S/C21H22N2S/c1-4-15-11-16-7-8-23-13-22-20(19-6-5-9-24-19)21(23)18(16)12-17(15)10-14(2)3/h4-6,9,11-14H,1,7-8,10H2,2-3H3. The topological polar surface area (TPSA) is 17.8 Å². The maximum absolute atomic E-state index is 4.73. The van der Waals surface area contributed by atoms with E-state index < -0.39 is 0 Å². The summed E-state index contributed by atoms with van der Waals surface area (Å²) in [6, 6.07) is 8.99. The van der Waals surface area contributed by atoms with Crippen LogP contribution < -0.4 is 0 Å². The fourth-order valence-corrected chi connectivity index (χ4v) is 4.33. The van der Waals surface area contributed by atoms with E-state index in [0.29, 0.717) is 5.92 Å². The second-order valence-electron chi connectivity index (χ2n) is 6.87. The molecule has 3 heterocycles. The van der Waals surface area contributed by atoms with Gasteiger partial charge in [-0.05, 0) is 53.0 Å². The van der Waals surface area contributed by atoms with Gasteiger partial charge in [0, 0.05) is 12.1 Å². The van der Waals surface area contributed by atoms with Gasteiger partial charge in [-0.2, -0.15) is 0 Å². The largest absolute Gasteiger partial charge is 0.330 e. The zero-order chi connectivity index (χ0) is 16.7. The van der Waals surface area contributed by atoms with Crippen LogP contribution in [0.1, 0.15) is 30.5 Å². The van der Waals surface area contributed by atoms with Crippen LogP contribution in [-0.2, 0) is 19.4 Å². The minimum absolute atomic E-state index is 0.631. The smallest absolute Gasteiger partial charge is 0.106 e. The fraction of sp³-hybridized carbons (Fsp3) is 0.286. The monoisotopic (exact) mass is 334 g/mol. The molecule has 3 heteroatoms. The molecule has 0 unspecified atom stereocenters. The number of hydrogen-bond donors (Lipinski definition) is 0. The van der Waals surface area contributed by atoms with Crippen molar-refractivity contribution in [2.75, 3.05) is 0 Å². The third kappa shape index (κ3) is 2.53. The predicted molar refractivity (Wildman–Crippen MR) is 103 cm³/mol. The van der Waals surface area contributed by atoms with Crippen molar-refractivity contribution in [1.82, 2.24) is 9.55 Å². The van der Waals surface area contributed by atoms with Crippen molar-refractivity contribution in [3.05, 3.63) is 59.2 Å². The second-order valence-corrected chi connectivity index (χ2v) is 7.82. The van der Waals surface area contributed by atoms with Crippen LogP contribution in [0.3, 0.4) is 0 Å². The fourth-order valence-electron chi connectivity index (χ4n) is 3.61. The van der Waals surface area contributed by atoms with Crippen molar-refractivity contribution in [2.24, 2.45) is 5.92 Å². The molecule has 0 saturated heterocycles. The first-order chi connectivity index (χ1) is 11.7. The molecule has 3 aromatic rings. The van der Waals surface area contributed by atoms with Crippen LogP contribution in [0.4, 0.5) is 0 Å². The zero-order valence-electron chi connectivity index (χ0n) is 14.2. The molecular formula is C21H22N2S. The molecule has 1 aromatic carbocycles. The highest BCUT2D eigenvalue weighted by Crippen LogP contribution is 2.39. The second kappa shape index (κ2) is 6.06. The first-order valence-electron chi connectivity index (χ1n) is 8.55. The van der Waals surface area contributed by atoms with Gasteiger partial charge in [0.2, 0.25) is 0 Å². The molecule has 24 heavy (non-hydrogen) atoms. The quantitative estimate of drug-likeness (QED) is 0.600. The van der Waals surface area contributed by atoms with Crippen molar-refractivity contribution in [3.63, 3.8) is 0 Å². The summed E-state index contributed by atoms with van der Waals surface area (Å²) in [6.07, 6.45) is 6.14. The molecule has 4 rings (SSSR count). The van der Waals surface area contributed by atoms with E-state index >= 15 is 0 Å². The zero-order valence-corrected chi connectivity index (χ0v) is 15.1. The highest BCUT2D eigenvalue weighted by Gasteiger charge is 2.23. The average molecular weight is 334 g/mol. The molecule has 0 saturated carbocycles. The van der Waals surface area contributed by atoms with E-state index in [0.717, 1.165) is 25.1 Å². The Morgan fingerprint density at radius 1 is 1.38 bits per heavy atom. The molecule has 0 bridgehead atoms. The van der Waals surface area contributed by atoms with Crippen LogP contribution in [0.25, 0.3) is 27.9 Å². The van der Waals surface area contributed by atoms with Crippen LogP contribution in [0, 0.1) is 5.92 Å². The van der Waals surface area contributed by atoms with Gasteiger partial charge in [-0.15, -0.1) is 11.3 Å². The van der Waals surface area contributed by atoms with Gasteiger partial charge in [0.05, 0.1) is 16.9 Å². The predicted octanol–water partition coefficient (Wildman–Crippen LogP) is 5.68. The molecule has 2 aromatic heterocycles. The lowest BCUT2D eigenvalue weighted by molar-refractivity contribution is 0.644. The summed E-state index contributed by atoms with van der Waals surface area (Å²) in [5, 5.41) is 2.12. The Balaban J connectivity index is 1.91. The van der Waals surface area contributed by atoms with Crippen molar-refractivity contribution < 1.29 is 0 Å². The molecule has 0 amide bonds. The first kappa shape index (κ1) is 15.4. The van der Waals surface area contributed by atoms with Gasteiger partial charge in [-0.3, -0.25) is 0 Å². The summed E-state index contributed by atoms with van der Waals surface area (Å²) in [4.78, 5) is 5.97. The lowest BCUT2D eigenvalue weighted by atomic mass is 9.88. The minimum atomic E-state index is 0.631. The minimum Gasteiger partial charge on any atom is -0.330 e. The molecule has 0 N–H and O–H groups in total. The number of imidazole rings is 1. The summed E-state index contributed by atoms with van der Waals surface area (Å²) in [5.74, 6) is 0.631. The maximum atomic E-state index is 4.73. The summed E-state index contributed by atoms with van der Waals surface area (Å²) in [7, 11) is 0. The number of hydrogen-bond acceptors (Lipinski definition) is 2. The first-order valence-corrected chi connectivity index (χ1v) is 9.43. The molecule has 0 atom stereocenters. The van der Waals surface area contributed by atoms with Gasteiger partial charge in [0.1, 0.15) is 5.69 Å². The highest BCUT2D eigenvalue weighted by atomic mass is 32.1. The van der Waals surface area contributed by atoms with Crippen molar-refractivity contribution in [2.45, 2.75) is 33.2 Å². The average Bonchev–Trinajstić information content (AvgIpc) is 3.22. The van der Waals surface area contributed by atoms with E-state index in [2.05, 4.69) is 54.6 Å². The Kier molecular flexibility index (Phi) is 3.89. The molecule has 1 aliphatic heterocycles. The summed E-state index contributed by atoms with van der Waals surface area (Å²) < 4.78 is 2.31. The lowest BCUT2D eigenvalue weighted by Crippen LogP contribution is -2.11. The van der Waals surface area contributed by atoms with E-state index in [1.807, 2.05) is 12.4 Å². The van der Waals surface area contributed by atoms with Crippen molar-refractivity contribution >= 4 is 17.4 Å². The highest BCUT2D eigenvalue weighted by molar-refractivity contribution is 7.13. The van der Waals surface area contributed by atoms with E-state index in [1.165, 1.54) is 32.8 Å². The van der Waals surface area contributed by atoms with Gasteiger partial charge in [-0.25, -0.2) is 4.98 Å². The molecule has 0 radical (unpaired) electrons. The molecule has 0 aliphatic carbocycles. The van der Waals surface area contributed by atoms with Crippen LogP contribution in [0.15, 0.2) is 42.6 Å². The number of thiophene rings is 1. The molecular weight excluding hydrogens is 312 g/mol. The Labute approximate surface area is 147 Å². The molecule has 122 valence electrons. The van der Waals surface area contributed by atoms with E-state index in [9.17, 15) is 0 Å². The maximum Gasteiger partial charge on any atom is 0.106 e. The van der Waals surface area contributed by atoms with Gasteiger partial charge in [-0.1, -0.05) is 38.6 Å². The normalized spacial score (nSPS) is 13.0. The van der Waals surface area contributed by atoms with E-state index in [-0.39, 0.29) is 0 Å². The Hall–Kier alpha value is -2.13. The Morgan fingerprint density at radius 3 is 2.96 bits per heavy atom. The van der Waals surface area contributed by atoms with Crippen LogP contribution >= 0.6 is 11.3 Å². The van der Waals surface area contributed by atoms with Crippen molar-refractivity contribution in [1.29, 1.82) is 0 Å². The van der Waals surface area contributed by atoms with Gasteiger partial charge < -0.3 is 4.57 Å². The number of aromatic nitrogens is 2. The molecule has 2 nitrogen and oxygen atoms in total. The molecule has 1 aliphatic rings. The number of nitrogens with zero attached hydrogens (tertiary/aromatic N) is 2. The summed E-state index contributed by atoms with van der Waals surface area (Å²) in [6.45, 7) is 9.57. The number of aryl methyl sites for hydroxylation is 2. The van der Waals surface area contributed by atoms with Crippen LogP contribution in [0.5, 0.6) is 0 Å². The molecule has 0 spiro atoms. The molecule has 0 fully saturated rings. The SMILES string of the molecule is C=Cc1cc2c(cc1CC(C)C)-c1c(-c3cccs3)ncn1CC2.